The van der Waals surface area contributed by atoms with E-state index in [1.165, 1.54) is 12.1 Å². The number of fused-ring (bicyclic) bond motifs is 1. The number of ether oxygens (including phenoxy) is 1. The molecule has 1 aromatic heterocycles. The number of hydrogen-bond donors (Lipinski definition) is 2. The Bertz CT molecular complexity index is 1160. The molecule has 158 valence electrons. The molecule has 1 amide bonds. The van der Waals surface area contributed by atoms with Gasteiger partial charge in [0.05, 0.1) is 7.11 Å². The molecule has 0 saturated carbocycles. The predicted octanol–water partition coefficient (Wildman–Crippen LogP) is 5.27. The third-order valence-electron chi connectivity index (χ3n) is 5.44. The molecule has 1 heterocycles. The van der Waals surface area contributed by atoms with Crippen molar-refractivity contribution in [3.63, 3.8) is 0 Å². The largest absolute Gasteiger partial charge is 0.497 e. The van der Waals surface area contributed by atoms with E-state index in [2.05, 4.69) is 22.4 Å². The lowest BCUT2D eigenvalue weighted by Gasteiger charge is -2.08. The van der Waals surface area contributed by atoms with Gasteiger partial charge in [-0.1, -0.05) is 30.3 Å². The highest BCUT2D eigenvalue weighted by Crippen LogP contribution is 2.32. The smallest absolute Gasteiger partial charge is 0.220 e. The number of methoxy groups -OCH3 is 1. The Hall–Kier alpha value is -3.60. The molecule has 0 radical (unpaired) electrons. The molecule has 2 N–H and O–H groups in total. The number of rotatable bonds is 8. The summed E-state index contributed by atoms with van der Waals surface area (Å²) >= 11 is 0. The average Bonchev–Trinajstić information content (AvgIpc) is 3.17. The van der Waals surface area contributed by atoms with Crippen LogP contribution < -0.4 is 10.1 Å². The third kappa shape index (κ3) is 4.94. The zero-order valence-electron chi connectivity index (χ0n) is 17.5. The van der Waals surface area contributed by atoms with Crippen LogP contribution >= 0.6 is 0 Å². The van der Waals surface area contributed by atoms with E-state index in [0.29, 0.717) is 25.8 Å². The molecule has 0 aliphatic rings. The van der Waals surface area contributed by atoms with Crippen molar-refractivity contribution in [3.8, 4) is 17.0 Å². The highest BCUT2D eigenvalue weighted by molar-refractivity contribution is 5.91. The van der Waals surface area contributed by atoms with Gasteiger partial charge in [0.15, 0.2) is 0 Å². The summed E-state index contributed by atoms with van der Waals surface area (Å²) in [5.41, 5.74) is 5.28. The Kier molecular flexibility index (Phi) is 6.32. The Morgan fingerprint density at radius 3 is 2.45 bits per heavy atom. The minimum absolute atomic E-state index is 0.00748. The molecular weight excluding hydrogens is 391 g/mol. The van der Waals surface area contributed by atoms with Crippen LogP contribution in [0.1, 0.15) is 17.5 Å². The van der Waals surface area contributed by atoms with E-state index in [-0.39, 0.29) is 11.7 Å². The Morgan fingerprint density at radius 2 is 1.71 bits per heavy atom. The second kappa shape index (κ2) is 9.47. The van der Waals surface area contributed by atoms with Crippen LogP contribution in [0, 0.1) is 5.82 Å². The summed E-state index contributed by atoms with van der Waals surface area (Å²) in [5, 5.41) is 4.10. The van der Waals surface area contributed by atoms with Crippen molar-refractivity contribution in [3.05, 3.63) is 89.7 Å². The second-order valence-corrected chi connectivity index (χ2v) is 7.48. The summed E-state index contributed by atoms with van der Waals surface area (Å²) in [5.74, 6) is 0.564. The van der Waals surface area contributed by atoms with E-state index in [9.17, 15) is 9.18 Å². The van der Waals surface area contributed by atoms with Gasteiger partial charge >= 0.3 is 0 Å². The number of aryl methyl sites for hydroxylation is 1. The summed E-state index contributed by atoms with van der Waals surface area (Å²) in [6.07, 6.45) is 1.71. The van der Waals surface area contributed by atoms with E-state index >= 15 is 0 Å². The van der Waals surface area contributed by atoms with Crippen LogP contribution in [0.2, 0.25) is 0 Å². The lowest BCUT2D eigenvalue weighted by molar-refractivity contribution is -0.121. The van der Waals surface area contributed by atoms with Crippen molar-refractivity contribution < 1.29 is 13.9 Å². The van der Waals surface area contributed by atoms with Gasteiger partial charge in [-0.3, -0.25) is 4.79 Å². The van der Waals surface area contributed by atoms with Gasteiger partial charge in [0, 0.05) is 29.6 Å². The number of halogens is 1. The summed E-state index contributed by atoms with van der Waals surface area (Å²) in [7, 11) is 1.65. The molecule has 5 heteroatoms. The summed E-state index contributed by atoms with van der Waals surface area (Å²) in [4.78, 5) is 16.0. The highest BCUT2D eigenvalue weighted by atomic mass is 19.1. The zero-order valence-corrected chi connectivity index (χ0v) is 17.5. The normalized spacial score (nSPS) is 10.9. The van der Waals surface area contributed by atoms with Gasteiger partial charge in [-0.25, -0.2) is 4.39 Å². The van der Waals surface area contributed by atoms with Crippen LogP contribution in [0.15, 0.2) is 72.8 Å². The topological polar surface area (TPSA) is 54.1 Å². The lowest BCUT2D eigenvalue weighted by Crippen LogP contribution is -2.25. The van der Waals surface area contributed by atoms with E-state index in [1.54, 1.807) is 19.2 Å². The van der Waals surface area contributed by atoms with E-state index in [4.69, 9.17) is 4.74 Å². The first kappa shape index (κ1) is 20.7. The number of carbonyl (C=O) groups is 1. The Labute approximate surface area is 181 Å². The number of aromatic nitrogens is 1. The van der Waals surface area contributed by atoms with E-state index < -0.39 is 0 Å². The number of nitrogens with one attached hydrogen (secondary N) is 2. The molecule has 0 aliphatic heterocycles. The van der Waals surface area contributed by atoms with Gasteiger partial charge in [0.25, 0.3) is 0 Å². The van der Waals surface area contributed by atoms with Crippen molar-refractivity contribution in [1.29, 1.82) is 0 Å². The first-order valence-corrected chi connectivity index (χ1v) is 10.4. The van der Waals surface area contributed by atoms with Gasteiger partial charge in [0.1, 0.15) is 11.6 Å². The fourth-order valence-corrected chi connectivity index (χ4v) is 3.79. The molecule has 0 unspecified atom stereocenters. The fraction of sp³-hybridized carbons (Fsp3) is 0.192. The van der Waals surface area contributed by atoms with Gasteiger partial charge in [-0.2, -0.15) is 0 Å². The van der Waals surface area contributed by atoms with Crippen molar-refractivity contribution in [2.24, 2.45) is 0 Å². The first-order valence-electron chi connectivity index (χ1n) is 10.4. The number of H-pyrrole nitrogens is 1. The molecule has 0 aliphatic carbocycles. The molecule has 3 aromatic carbocycles. The summed E-state index contributed by atoms with van der Waals surface area (Å²) in [6, 6.07) is 22.4. The van der Waals surface area contributed by atoms with Gasteiger partial charge < -0.3 is 15.0 Å². The Morgan fingerprint density at radius 1 is 0.968 bits per heavy atom. The standard InChI is InChI=1S/C26H25FN2O2/c1-31-21-12-8-19(9-13-21)26-23(22-4-2-3-5-24(22)29-26)14-15-25(30)28-17-16-18-6-10-20(27)11-7-18/h2-13,29H,14-17H2,1H3,(H,28,30). The number of aromatic amines is 1. The molecule has 0 atom stereocenters. The van der Waals surface area contributed by atoms with Crippen molar-refractivity contribution in [2.45, 2.75) is 19.3 Å². The minimum Gasteiger partial charge on any atom is -0.497 e. The van der Waals surface area contributed by atoms with Crippen molar-refractivity contribution >= 4 is 16.8 Å². The summed E-state index contributed by atoms with van der Waals surface area (Å²) < 4.78 is 18.3. The van der Waals surface area contributed by atoms with Crippen molar-refractivity contribution in [2.75, 3.05) is 13.7 Å². The van der Waals surface area contributed by atoms with Crippen LogP contribution in [-0.4, -0.2) is 24.5 Å². The number of hydrogen-bond acceptors (Lipinski definition) is 2. The summed E-state index contributed by atoms with van der Waals surface area (Å²) in [6.45, 7) is 0.531. The van der Waals surface area contributed by atoms with Gasteiger partial charge in [-0.05, 0) is 72.0 Å². The molecule has 4 aromatic rings. The maximum absolute atomic E-state index is 13.0. The van der Waals surface area contributed by atoms with Crippen LogP contribution in [0.25, 0.3) is 22.2 Å². The maximum Gasteiger partial charge on any atom is 0.220 e. The molecule has 4 rings (SSSR count). The molecular formula is C26H25FN2O2. The minimum atomic E-state index is -0.251. The average molecular weight is 416 g/mol. The molecule has 0 fully saturated rings. The number of benzene rings is 3. The number of carbonyl (C=O) groups excluding carboxylic acids is 1. The molecule has 31 heavy (non-hydrogen) atoms. The van der Waals surface area contributed by atoms with Gasteiger partial charge in [-0.15, -0.1) is 0 Å². The highest BCUT2D eigenvalue weighted by Gasteiger charge is 2.14. The van der Waals surface area contributed by atoms with Crippen LogP contribution in [0.4, 0.5) is 4.39 Å². The van der Waals surface area contributed by atoms with Crippen LogP contribution in [-0.2, 0) is 17.6 Å². The van der Waals surface area contributed by atoms with Gasteiger partial charge in [0.2, 0.25) is 5.91 Å². The molecule has 4 nitrogen and oxygen atoms in total. The predicted molar refractivity (Wildman–Crippen MR) is 122 cm³/mol. The zero-order chi connectivity index (χ0) is 21.6. The molecule has 0 spiro atoms. The van der Waals surface area contributed by atoms with Crippen LogP contribution in [0.5, 0.6) is 5.75 Å². The lowest BCUT2D eigenvalue weighted by atomic mass is 10.0. The number of amides is 1. The van der Waals surface area contributed by atoms with Crippen molar-refractivity contribution in [1.82, 2.24) is 10.3 Å². The third-order valence-corrected chi connectivity index (χ3v) is 5.44. The monoisotopic (exact) mass is 416 g/mol. The maximum atomic E-state index is 13.0. The van der Waals surface area contributed by atoms with E-state index in [0.717, 1.165) is 39.0 Å². The molecule has 0 bridgehead atoms. The van der Waals surface area contributed by atoms with Crippen LogP contribution in [0.3, 0.4) is 0 Å². The number of para-hydroxylation sites is 1. The SMILES string of the molecule is COc1ccc(-c2[nH]c3ccccc3c2CCC(=O)NCCc2ccc(F)cc2)cc1. The molecule has 0 saturated heterocycles. The second-order valence-electron chi connectivity index (χ2n) is 7.48. The quantitative estimate of drug-likeness (QED) is 0.411. The first-order chi connectivity index (χ1) is 15.1. The Balaban J connectivity index is 1.44. The van der Waals surface area contributed by atoms with E-state index in [1.807, 2.05) is 36.4 Å². The fourth-order valence-electron chi connectivity index (χ4n) is 3.79.